The Morgan fingerprint density at radius 3 is 2.42 bits per heavy atom. The molecular formula is C15H14N6O2S. The molecule has 122 valence electrons. The van der Waals surface area contributed by atoms with E-state index in [0.29, 0.717) is 27.3 Å². The molecule has 1 saturated carbocycles. The van der Waals surface area contributed by atoms with E-state index in [1.54, 1.807) is 28.8 Å². The van der Waals surface area contributed by atoms with Crippen molar-refractivity contribution in [1.29, 1.82) is 0 Å². The van der Waals surface area contributed by atoms with Crippen molar-refractivity contribution in [3.8, 4) is 0 Å². The first-order valence-corrected chi connectivity index (χ1v) is 8.33. The second-order valence-electron chi connectivity index (χ2n) is 5.65. The van der Waals surface area contributed by atoms with Crippen molar-refractivity contribution in [1.82, 2.24) is 19.8 Å². The van der Waals surface area contributed by atoms with Gasteiger partial charge in [-0.05, 0) is 37.1 Å². The van der Waals surface area contributed by atoms with E-state index in [1.165, 1.54) is 18.3 Å². The highest BCUT2D eigenvalue weighted by molar-refractivity contribution is 7.18. The highest BCUT2D eigenvalue weighted by atomic mass is 32.1. The average molecular weight is 342 g/mol. The number of anilines is 2. The van der Waals surface area contributed by atoms with Crippen LogP contribution >= 0.6 is 11.3 Å². The molecule has 0 radical (unpaired) electrons. The van der Waals surface area contributed by atoms with Crippen molar-refractivity contribution in [3.63, 3.8) is 0 Å². The molecule has 2 aromatic heterocycles. The average Bonchev–Trinajstić information content (AvgIpc) is 3.16. The normalized spacial score (nSPS) is 13.9. The Bertz CT molecular complexity index is 925. The van der Waals surface area contributed by atoms with E-state index in [1.807, 2.05) is 0 Å². The van der Waals surface area contributed by atoms with Gasteiger partial charge in [0, 0.05) is 24.2 Å². The fourth-order valence-electron chi connectivity index (χ4n) is 2.34. The molecule has 0 atom stereocenters. The Morgan fingerprint density at radius 1 is 1.12 bits per heavy atom. The molecule has 2 heterocycles. The Hall–Kier alpha value is -2.81. The fourth-order valence-corrected chi connectivity index (χ4v) is 3.09. The monoisotopic (exact) mass is 342 g/mol. The van der Waals surface area contributed by atoms with E-state index in [0.717, 1.165) is 18.7 Å². The predicted octanol–water partition coefficient (Wildman–Crippen LogP) is 2.27. The van der Waals surface area contributed by atoms with Crippen LogP contribution in [0.15, 0.2) is 24.3 Å². The lowest BCUT2D eigenvalue weighted by molar-refractivity contribution is -0.114. The summed E-state index contributed by atoms with van der Waals surface area (Å²) in [6, 6.07) is 6.89. The molecule has 3 aromatic rings. The van der Waals surface area contributed by atoms with E-state index < -0.39 is 0 Å². The van der Waals surface area contributed by atoms with E-state index >= 15 is 0 Å². The summed E-state index contributed by atoms with van der Waals surface area (Å²) in [6.45, 7) is 1.44. The molecule has 2 amide bonds. The molecule has 0 saturated heterocycles. The molecule has 0 aliphatic heterocycles. The maximum atomic E-state index is 12.3. The maximum absolute atomic E-state index is 12.3. The van der Waals surface area contributed by atoms with Gasteiger partial charge in [0.05, 0.1) is 0 Å². The minimum Gasteiger partial charge on any atom is -0.326 e. The molecule has 1 fully saturated rings. The quantitative estimate of drug-likeness (QED) is 0.757. The van der Waals surface area contributed by atoms with Gasteiger partial charge < -0.3 is 10.6 Å². The summed E-state index contributed by atoms with van der Waals surface area (Å²) in [5.74, 6) is 0.816. The predicted molar refractivity (Wildman–Crippen MR) is 89.3 cm³/mol. The number of fused-ring (bicyclic) bond motifs is 1. The largest absolute Gasteiger partial charge is 0.326 e. The second-order valence-corrected chi connectivity index (χ2v) is 6.60. The summed E-state index contributed by atoms with van der Waals surface area (Å²) >= 11 is 1.21. The molecule has 8 nitrogen and oxygen atoms in total. The Labute approximate surface area is 140 Å². The molecule has 1 aromatic carbocycles. The molecular weight excluding hydrogens is 328 g/mol. The second kappa shape index (κ2) is 5.68. The van der Waals surface area contributed by atoms with Gasteiger partial charge in [-0.3, -0.25) is 9.59 Å². The molecule has 9 heteroatoms. The number of benzene rings is 1. The molecule has 1 aliphatic carbocycles. The molecule has 0 unspecified atom stereocenters. The van der Waals surface area contributed by atoms with Crippen LogP contribution in [0.4, 0.5) is 11.4 Å². The smallest absolute Gasteiger partial charge is 0.286 e. The lowest BCUT2D eigenvalue weighted by Gasteiger charge is -2.05. The van der Waals surface area contributed by atoms with Crippen LogP contribution in [0.3, 0.4) is 0 Å². The minimum atomic E-state index is -0.292. The summed E-state index contributed by atoms with van der Waals surface area (Å²) < 4.78 is 1.66. The lowest BCUT2D eigenvalue weighted by Crippen LogP contribution is -2.12. The van der Waals surface area contributed by atoms with Gasteiger partial charge in [-0.15, -0.1) is 15.3 Å². The van der Waals surface area contributed by atoms with E-state index in [2.05, 4.69) is 25.9 Å². The number of rotatable bonds is 4. The highest BCUT2D eigenvalue weighted by Crippen LogP contribution is 2.39. The number of amides is 2. The molecule has 4 rings (SSSR count). The third kappa shape index (κ3) is 2.85. The molecule has 0 spiro atoms. The zero-order valence-corrected chi connectivity index (χ0v) is 13.6. The zero-order valence-electron chi connectivity index (χ0n) is 12.8. The maximum Gasteiger partial charge on any atom is 0.286 e. The van der Waals surface area contributed by atoms with Crippen molar-refractivity contribution < 1.29 is 9.59 Å². The van der Waals surface area contributed by atoms with Crippen molar-refractivity contribution in [3.05, 3.63) is 35.1 Å². The highest BCUT2D eigenvalue weighted by Gasteiger charge is 2.30. The van der Waals surface area contributed by atoms with Crippen molar-refractivity contribution in [2.75, 3.05) is 10.6 Å². The van der Waals surface area contributed by atoms with Crippen LogP contribution in [0.25, 0.3) is 4.96 Å². The van der Waals surface area contributed by atoms with Crippen LogP contribution in [-0.4, -0.2) is 31.6 Å². The Morgan fingerprint density at radius 2 is 1.79 bits per heavy atom. The summed E-state index contributed by atoms with van der Waals surface area (Å²) in [4.78, 5) is 24.0. The standard InChI is InChI=1S/C15H14N6O2S/c1-8(22)16-10-4-6-11(7-5-10)17-13(23)14-20-21-12(9-2-3-9)18-19-15(21)24-14/h4-7,9H,2-3H2,1H3,(H,16,22)(H,17,23). The molecule has 2 N–H and O–H groups in total. The van der Waals surface area contributed by atoms with Crippen LogP contribution in [0, 0.1) is 0 Å². The first-order chi connectivity index (χ1) is 11.6. The zero-order chi connectivity index (χ0) is 16.7. The number of aromatic nitrogens is 4. The lowest BCUT2D eigenvalue weighted by atomic mass is 10.2. The number of carbonyl (C=O) groups is 2. The minimum absolute atomic E-state index is 0.141. The van der Waals surface area contributed by atoms with Crippen LogP contribution in [-0.2, 0) is 4.79 Å². The summed E-state index contributed by atoms with van der Waals surface area (Å²) in [5.41, 5.74) is 1.30. The van der Waals surface area contributed by atoms with Crippen molar-refractivity contribution in [2.45, 2.75) is 25.7 Å². The molecule has 24 heavy (non-hydrogen) atoms. The van der Waals surface area contributed by atoms with Gasteiger partial charge in [-0.25, -0.2) is 0 Å². The van der Waals surface area contributed by atoms with Gasteiger partial charge in [-0.1, -0.05) is 11.3 Å². The van der Waals surface area contributed by atoms with Crippen LogP contribution in [0.5, 0.6) is 0 Å². The SMILES string of the molecule is CC(=O)Nc1ccc(NC(=O)c2nn3c(C4CC4)nnc3s2)cc1. The Kier molecular flexibility index (Phi) is 3.49. The number of nitrogens with one attached hydrogen (secondary N) is 2. The van der Waals surface area contributed by atoms with E-state index in [-0.39, 0.29) is 11.8 Å². The third-order valence-electron chi connectivity index (χ3n) is 3.61. The topological polar surface area (TPSA) is 101 Å². The molecule has 1 aliphatic rings. The fraction of sp³-hybridized carbons (Fsp3) is 0.267. The van der Waals surface area contributed by atoms with Crippen LogP contribution < -0.4 is 10.6 Å². The van der Waals surface area contributed by atoms with Crippen molar-refractivity contribution >= 4 is 39.5 Å². The first kappa shape index (κ1) is 14.8. The van der Waals surface area contributed by atoms with Gasteiger partial charge in [0.25, 0.3) is 5.91 Å². The summed E-state index contributed by atoms with van der Waals surface area (Å²) in [5, 5.41) is 18.3. The molecule has 0 bridgehead atoms. The van der Waals surface area contributed by atoms with Gasteiger partial charge >= 0.3 is 0 Å². The number of hydrogen-bond acceptors (Lipinski definition) is 6. The van der Waals surface area contributed by atoms with E-state index in [4.69, 9.17) is 0 Å². The van der Waals surface area contributed by atoms with Gasteiger partial charge in [0.1, 0.15) is 0 Å². The van der Waals surface area contributed by atoms with Gasteiger partial charge in [0.15, 0.2) is 5.82 Å². The summed E-state index contributed by atoms with van der Waals surface area (Å²) in [6.07, 6.45) is 2.20. The van der Waals surface area contributed by atoms with E-state index in [9.17, 15) is 9.59 Å². The van der Waals surface area contributed by atoms with Gasteiger partial charge in [0.2, 0.25) is 15.9 Å². The van der Waals surface area contributed by atoms with Crippen molar-refractivity contribution in [2.24, 2.45) is 0 Å². The third-order valence-corrected chi connectivity index (χ3v) is 4.51. The van der Waals surface area contributed by atoms with Gasteiger partial charge in [-0.2, -0.15) is 4.52 Å². The number of hydrogen-bond donors (Lipinski definition) is 2. The summed E-state index contributed by atoms with van der Waals surface area (Å²) in [7, 11) is 0. The van der Waals surface area contributed by atoms with Crippen LogP contribution in [0.2, 0.25) is 0 Å². The number of nitrogens with zero attached hydrogens (tertiary/aromatic N) is 4. The van der Waals surface area contributed by atoms with Crippen LogP contribution in [0.1, 0.15) is 41.3 Å². The first-order valence-electron chi connectivity index (χ1n) is 7.51. The number of carbonyl (C=O) groups excluding carboxylic acids is 2. The Balaban J connectivity index is 1.50.